The van der Waals surface area contributed by atoms with E-state index in [0.29, 0.717) is 6.61 Å². The van der Waals surface area contributed by atoms with Gasteiger partial charge in [0.1, 0.15) is 6.61 Å². The van der Waals surface area contributed by atoms with E-state index in [-0.39, 0.29) is 6.09 Å². The smallest absolute Gasteiger partial charge is 0.418 e. The summed E-state index contributed by atoms with van der Waals surface area (Å²) >= 11 is 0. The minimum atomic E-state index is -0.350. The molecule has 1 heterocycles. The first kappa shape index (κ1) is 10.5. The average molecular weight is 215 g/mol. The van der Waals surface area contributed by atoms with Gasteiger partial charge in [0, 0.05) is 12.4 Å². The molecule has 0 atom stereocenters. The van der Waals surface area contributed by atoms with E-state index in [0.717, 1.165) is 11.1 Å². The van der Waals surface area contributed by atoms with Crippen LogP contribution in [0, 0.1) is 6.92 Å². The van der Waals surface area contributed by atoms with Crippen molar-refractivity contribution in [2.24, 2.45) is 0 Å². The van der Waals surface area contributed by atoms with Gasteiger partial charge in [0.25, 0.3) is 0 Å². The molecule has 0 unspecified atom stereocenters. The van der Waals surface area contributed by atoms with Crippen LogP contribution in [0.25, 0.3) is 0 Å². The molecule has 0 aliphatic carbocycles. The number of ether oxygens (including phenoxy) is 1. The Balaban J connectivity index is 1.94. The zero-order valence-corrected chi connectivity index (χ0v) is 9.09. The molecular formula is C13H13NO2. The van der Waals surface area contributed by atoms with E-state index in [1.165, 1.54) is 4.57 Å². The highest BCUT2D eigenvalue weighted by atomic mass is 16.5. The molecule has 16 heavy (non-hydrogen) atoms. The quantitative estimate of drug-likeness (QED) is 0.771. The highest BCUT2D eigenvalue weighted by molar-refractivity contribution is 5.70. The van der Waals surface area contributed by atoms with Crippen LogP contribution in [0.1, 0.15) is 11.1 Å². The maximum atomic E-state index is 11.6. The van der Waals surface area contributed by atoms with Crippen LogP contribution < -0.4 is 0 Å². The molecule has 3 heteroatoms. The second kappa shape index (κ2) is 4.66. The molecule has 82 valence electrons. The summed E-state index contributed by atoms with van der Waals surface area (Å²) in [6.07, 6.45) is 3.09. The number of aromatic nitrogens is 1. The van der Waals surface area contributed by atoms with Gasteiger partial charge in [-0.2, -0.15) is 0 Å². The average Bonchev–Trinajstić information content (AvgIpc) is 2.74. The Morgan fingerprint density at radius 2 is 2.00 bits per heavy atom. The zero-order chi connectivity index (χ0) is 11.4. The van der Waals surface area contributed by atoms with Crippen LogP contribution in [0.2, 0.25) is 0 Å². The number of carbonyl (C=O) groups excluding carboxylic acids is 1. The molecule has 0 aliphatic heterocycles. The van der Waals surface area contributed by atoms with Gasteiger partial charge in [-0.1, -0.05) is 30.3 Å². The molecule has 0 aliphatic rings. The fraction of sp³-hybridized carbons (Fsp3) is 0.154. The molecule has 1 aromatic heterocycles. The van der Waals surface area contributed by atoms with Gasteiger partial charge in [0.15, 0.2) is 0 Å². The summed E-state index contributed by atoms with van der Waals surface area (Å²) in [5, 5.41) is 0. The first-order chi connectivity index (χ1) is 7.75. The summed E-state index contributed by atoms with van der Waals surface area (Å²) in [5.74, 6) is 0. The second-order valence-corrected chi connectivity index (χ2v) is 3.64. The number of nitrogens with zero attached hydrogens (tertiary/aromatic N) is 1. The largest absolute Gasteiger partial charge is 0.444 e. The van der Waals surface area contributed by atoms with Crippen LogP contribution in [0.5, 0.6) is 0 Å². The van der Waals surface area contributed by atoms with Crippen molar-refractivity contribution in [1.82, 2.24) is 4.57 Å². The second-order valence-electron chi connectivity index (χ2n) is 3.64. The highest BCUT2D eigenvalue weighted by Gasteiger charge is 2.05. The topological polar surface area (TPSA) is 31.2 Å². The van der Waals surface area contributed by atoms with Crippen molar-refractivity contribution in [3.63, 3.8) is 0 Å². The van der Waals surface area contributed by atoms with E-state index in [9.17, 15) is 4.79 Å². The van der Waals surface area contributed by atoms with E-state index in [1.807, 2.05) is 43.3 Å². The van der Waals surface area contributed by atoms with Crippen LogP contribution >= 0.6 is 0 Å². The molecular weight excluding hydrogens is 202 g/mol. The Morgan fingerprint density at radius 1 is 1.25 bits per heavy atom. The maximum absolute atomic E-state index is 11.6. The number of aryl methyl sites for hydroxylation is 1. The van der Waals surface area contributed by atoms with Gasteiger partial charge in [0.05, 0.1) is 0 Å². The first-order valence-corrected chi connectivity index (χ1v) is 5.11. The van der Waals surface area contributed by atoms with Crippen molar-refractivity contribution in [2.75, 3.05) is 0 Å². The van der Waals surface area contributed by atoms with Crippen LogP contribution in [0.15, 0.2) is 48.8 Å². The molecule has 3 nitrogen and oxygen atoms in total. The summed E-state index contributed by atoms with van der Waals surface area (Å²) in [6.45, 7) is 2.23. The number of carbonyl (C=O) groups is 1. The van der Waals surface area contributed by atoms with E-state index in [1.54, 1.807) is 12.4 Å². The Hall–Kier alpha value is -2.03. The fourth-order valence-electron chi connectivity index (χ4n) is 1.41. The Labute approximate surface area is 94.3 Å². The maximum Gasteiger partial charge on any atom is 0.418 e. The number of hydrogen-bond donors (Lipinski definition) is 0. The standard InChI is InChI=1S/C13H13NO2/c1-11-7-8-14(9-11)13(15)16-10-12-5-3-2-4-6-12/h2-9H,10H2,1H3. The van der Waals surface area contributed by atoms with Crippen molar-refractivity contribution in [3.05, 3.63) is 59.9 Å². The first-order valence-electron chi connectivity index (χ1n) is 5.11. The lowest BCUT2D eigenvalue weighted by molar-refractivity contribution is 0.141. The van der Waals surface area contributed by atoms with E-state index in [4.69, 9.17) is 4.74 Å². The summed E-state index contributed by atoms with van der Waals surface area (Å²) < 4.78 is 6.59. The van der Waals surface area contributed by atoms with Crippen molar-refractivity contribution in [3.8, 4) is 0 Å². The molecule has 1 aromatic carbocycles. The van der Waals surface area contributed by atoms with Gasteiger partial charge >= 0.3 is 6.09 Å². The summed E-state index contributed by atoms with van der Waals surface area (Å²) in [7, 11) is 0. The van der Waals surface area contributed by atoms with Gasteiger partial charge in [-0.25, -0.2) is 4.79 Å². The van der Waals surface area contributed by atoms with Gasteiger partial charge in [-0.15, -0.1) is 0 Å². The number of rotatable bonds is 2. The minimum absolute atomic E-state index is 0.302. The SMILES string of the molecule is Cc1ccn(C(=O)OCc2ccccc2)c1. The molecule has 2 aromatic rings. The van der Waals surface area contributed by atoms with Crippen LogP contribution in [-0.2, 0) is 11.3 Å². The van der Waals surface area contributed by atoms with Crippen LogP contribution in [-0.4, -0.2) is 10.7 Å². The minimum Gasteiger partial charge on any atom is -0.444 e. The lowest BCUT2D eigenvalue weighted by Gasteiger charge is -2.04. The van der Waals surface area contributed by atoms with Gasteiger partial charge in [-0.05, 0) is 24.1 Å². The molecule has 0 saturated heterocycles. The van der Waals surface area contributed by atoms with Crippen molar-refractivity contribution in [2.45, 2.75) is 13.5 Å². The molecule has 0 bridgehead atoms. The van der Waals surface area contributed by atoms with Crippen LogP contribution in [0.3, 0.4) is 0 Å². The van der Waals surface area contributed by atoms with E-state index < -0.39 is 0 Å². The number of benzene rings is 1. The molecule has 0 saturated carbocycles. The Bertz CT molecular complexity index is 474. The van der Waals surface area contributed by atoms with Gasteiger partial charge in [-0.3, -0.25) is 4.57 Å². The summed E-state index contributed by atoms with van der Waals surface area (Å²) in [4.78, 5) is 11.6. The van der Waals surface area contributed by atoms with Crippen molar-refractivity contribution >= 4 is 6.09 Å². The Kier molecular flexibility index (Phi) is 3.05. The van der Waals surface area contributed by atoms with E-state index in [2.05, 4.69) is 0 Å². The lowest BCUT2D eigenvalue weighted by atomic mass is 10.2. The van der Waals surface area contributed by atoms with Gasteiger partial charge < -0.3 is 4.74 Å². The third kappa shape index (κ3) is 2.51. The summed E-state index contributed by atoms with van der Waals surface area (Å²) in [6, 6.07) is 11.5. The van der Waals surface area contributed by atoms with Crippen molar-refractivity contribution in [1.29, 1.82) is 0 Å². The highest BCUT2D eigenvalue weighted by Crippen LogP contribution is 2.04. The van der Waals surface area contributed by atoms with E-state index >= 15 is 0 Å². The molecule has 0 N–H and O–H groups in total. The molecule has 0 amide bonds. The molecule has 0 radical (unpaired) electrons. The fourth-order valence-corrected chi connectivity index (χ4v) is 1.41. The Morgan fingerprint density at radius 3 is 2.62 bits per heavy atom. The normalized spacial score (nSPS) is 10.1. The van der Waals surface area contributed by atoms with Crippen LogP contribution in [0.4, 0.5) is 4.79 Å². The van der Waals surface area contributed by atoms with Crippen molar-refractivity contribution < 1.29 is 9.53 Å². The lowest BCUT2D eigenvalue weighted by Crippen LogP contribution is -2.11. The molecule has 2 rings (SSSR count). The zero-order valence-electron chi connectivity index (χ0n) is 9.09. The molecule has 0 spiro atoms. The third-order valence-electron chi connectivity index (χ3n) is 2.26. The van der Waals surface area contributed by atoms with Gasteiger partial charge in [0.2, 0.25) is 0 Å². The number of hydrogen-bond acceptors (Lipinski definition) is 2. The molecule has 0 fully saturated rings. The monoisotopic (exact) mass is 215 g/mol. The predicted molar refractivity (Wildman–Crippen MR) is 61.2 cm³/mol. The third-order valence-corrected chi connectivity index (χ3v) is 2.26. The predicted octanol–water partition coefficient (Wildman–Crippen LogP) is 2.98. The summed E-state index contributed by atoms with van der Waals surface area (Å²) in [5.41, 5.74) is 2.02.